The number of ketones is 1. The zero-order valence-corrected chi connectivity index (χ0v) is 9.67. The van der Waals surface area contributed by atoms with Gasteiger partial charge in [0.2, 0.25) is 0 Å². The highest BCUT2D eigenvalue weighted by atomic mass is 19.4. The van der Waals surface area contributed by atoms with Crippen molar-refractivity contribution in [1.29, 1.82) is 0 Å². The summed E-state index contributed by atoms with van der Waals surface area (Å²) in [6.45, 7) is 0. The normalized spacial score (nSPS) is 17.8. The molecule has 0 N–H and O–H groups in total. The number of Topliss-reactive ketones (excluding diaryl/α,β-unsaturated/α-hetero) is 1. The van der Waals surface area contributed by atoms with E-state index in [-0.39, 0.29) is 17.6 Å². The van der Waals surface area contributed by atoms with Gasteiger partial charge in [0.1, 0.15) is 11.5 Å². The minimum absolute atomic E-state index is 0.149. The Labute approximate surface area is 103 Å². The minimum Gasteiger partial charge on any atom is -0.490 e. The monoisotopic (exact) mass is 258 g/mol. The number of rotatable bonds is 2. The predicted molar refractivity (Wildman–Crippen MR) is 59.3 cm³/mol. The van der Waals surface area contributed by atoms with Gasteiger partial charge in [-0.2, -0.15) is 13.2 Å². The summed E-state index contributed by atoms with van der Waals surface area (Å²) in [4.78, 5) is 11.1. The van der Waals surface area contributed by atoms with E-state index in [1.807, 2.05) is 0 Å². The zero-order chi connectivity index (χ0) is 13.2. The first kappa shape index (κ1) is 12.9. The lowest BCUT2D eigenvalue weighted by Crippen LogP contribution is -2.25. The summed E-state index contributed by atoms with van der Waals surface area (Å²) >= 11 is 0. The number of benzene rings is 1. The largest absolute Gasteiger partial charge is 0.490 e. The Kier molecular flexibility index (Phi) is 3.59. The van der Waals surface area contributed by atoms with Crippen LogP contribution in [0.2, 0.25) is 0 Å². The topological polar surface area (TPSA) is 26.3 Å². The second-order valence-corrected chi connectivity index (χ2v) is 4.35. The number of carbonyl (C=O) groups is 1. The summed E-state index contributed by atoms with van der Waals surface area (Å²) in [7, 11) is 0. The van der Waals surface area contributed by atoms with Crippen molar-refractivity contribution >= 4 is 5.78 Å². The molecule has 0 amide bonds. The van der Waals surface area contributed by atoms with Crippen molar-refractivity contribution in [3.8, 4) is 5.75 Å². The van der Waals surface area contributed by atoms with E-state index in [9.17, 15) is 18.0 Å². The Morgan fingerprint density at radius 2 is 1.72 bits per heavy atom. The molecule has 0 bridgehead atoms. The van der Waals surface area contributed by atoms with Crippen LogP contribution in [0.3, 0.4) is 0 Å². The highest BCUT2D eigenvalue weighted by Crippen LogP contribution is 2.37. The van der Waals surface area contributed by atoms with E-state index in [1.54, 1.807) is 0 Å². The Morgan fingerprint density at radius 1 is 1.11 bits per heavy atom. The van der Waals surface area contributed by atoms with Gasteiger partial charge in [0.15, 0.2) is 0 Å². The van der Waals surface area contributed by atoms with Gasteiger partial charge in [-0.15, -0.1) is 0 Å². The fraction of sp³-hybridized carbons (Fsp3) is 0.462. The molecule has 0 heterocycles. The minimum atomic E-state index is -4.42. The van der Waals surface area contributed by atoms with E-state index in [0.29, 0.717) is 25.7 Å². The number of para-hydroxylation sites is 1. The number of ether oxygens (including phenoxy) is 1. The quantitative estimate of drug-likeness (QED) is 0.810. The standard InChI is InChI=1S/C13H13F3O2/c14-13(15,16)11-3-1-2-4-12(11)18-10-7-5-9(17)6-8-10/h1-4,10H,5-8H2. The fourth-order valence-electron chi connectivity index (χ4n) is 2.01. The van der Waals surface area contributed by atoms with Gasteiger partial charge in [0.05, 0.1) is 11.7 Å². The van der Waals surface area contributed by atoms with Crippen LogP contribution < -0.4 is 4.74 Å². The lowest BCUT2D eigenvalue weighted by molar-refractivity contribution is -0.139. The molecular weight excluding hydrogens is 245 g/mol. The summed E-state index contributed by atoms with van der Waals surface area (Å²) in [5.41, 5.74) is -0.762. The van der Waals surface area contributed by atoms with Gasteiger partial charge in [-0.1, -0.05) is 12.1 Å². The van der Waals surface area contributed by atoms with E-state index in [4.69, 9.17) is 4.74 Å². The molecule has 0 atom stereocenters. The van der Waals surface area contributed by atoms with E-state index >= 15 is 0 Å². The van der Waals surface area contributed by atoms with Crippen molar-refractivity contribution < 1.29 is 22.7 Å². The van der Waals surface area contributed by atoms with Crippen molar-refractivity contribution in [2.75, 3.05) is 0 Å². The molecule has 2 rings (SSSR count). The van der Waals surface area contributed by atoms with Crippen LogP contribution in [0.1, 0.15) is 31.2 Å². The number of carbonyl (C=O) groups excluding carboxylic acids is 1. The third-order valence-electron chi connectivity index (χ3n) is 2.98. The maximum Gasteiger partial charge on any atom is 0.419 e. The molecule has 0 radical (unpaired) electrons. The summed E-state index contributed by atoms with van der Waals surface area (Å²) < 4.78 is 43.6. The third-order valence-corrected chi connectivity index (χ3v) is 2.98. The molecule has 1 aromatic carbocycles. The van der Waals surface area contributed by atoms with Crippen LogP contribution in [0.5, 0.6) is 5.75 Å². The Hall–Kier alpha value is -1.52. The zero-order valence-electron chi connectivity index (χ0n) is 9.67. The van der Waals surface area contributed by atoms with E-state index in [1.165, 1.54) is 18.2 Å². The average molecular weight is 258 g/mol. The van der Waals surface area contributed by atoms with Crippen molar-refractivity contribution in [2.24, 2.45) is 0 Å². The number of alkyl halides is 3. The van der Waals surface area contributed by atoms with E-state index < -0.39 is 11.7 Å². The van der Waals surface area contributed by atoms with Crippen molar-refractivity contribution in [1.82, 2.24) is 0 Å². The van der Waals surface area contributed by atoms with Crippen LogP contribution in [0.15, 0.2) is 24.3 Å². The molecule has 0 spiro atoms. The van der Waals surface area contributed by atoms with Gasteiger partial charge >= 0.3 is 6.18 Å². The molecule has 1 aromatic rings. The second kappa shape index (κ2) is 5.00. The summed E-state index contributed by atoms with van der Waals surface area (Å²) in [5.74, 6) is 0.00306. The first-order chi connectivity index (χ1) is 8.47. The fourth-order valence-corrected chi connectivity index (χ4v) is 2.01. The highest BCUT2D eigenvalue weighted by molar-refractivity contribution is 5.79. The molecule has 1 aliphatic rings. The van der Waals surface area contributed by atoms with Crippen LogP contribution in [0, 0.1) is 0 Å². The summed E-state index contributed by atoms with van der Waals surface area (Å²) in [6.07, 6.45) is -2.96. The van der Waals surface area contributed by atoms with Crippen LogP contribution in [-0.2, 0) is 11.0 Å². The lowest BCUT2D eigenvalue weighted by Gasteiger charge is -2.24. The Bertz CT molecular complexity index is 430. The van der Waals surface area contributed by atoms with Gasteiger partial charge in [0, 0.05) is 12.8 Å². The van der Waals surface area contributed by atoms with Crippen molar-refractivity contribution in [3.63, 3.8) is 0 Å². The van der Waals surface area contributed by atoms with Gasteiger partial charge < -0.3 is 4.74 Å². The molecule has 1 aliphatic carbocycles. The molecule has 18 heavy (non-hydrogen) atoms. The number of halogens is 3. The van der Waals surface area contributed by atoms with Gasteiger partial charge in [-0.3, -0.25) is 4.79 Å². The SMILES string of the molecule is O=C1CCC(Oc2ccccc2C(F)(F)F)CC1. The molecule has 1 fully saturated rings. The van der Waals surface area contributed by atoms with Gasteiger partial charge in [-0.25, -0.2) is 0 Å². The number of hydrogen-bond donors (Lipinski definition) is 0. The molecule has 0 aliphatic heterocycles. The molecular formula is C13H13F3O2. The van der Waals surface area contributed by atoms with E-state index in [0.717, 1.165) is 6.07 Å². The molecule has 0 saturated heterocycles. The summed E-state index contributed by atoms with van der Waals surface area (Å²) in [5, 5.41) is 0. The van der Waals surface area contributed by atoms with Crippen LogP contribution in [0.4, 0.5) is 13.2 Å². The van der Waals surface area contributed by atoms with Crippen molar-refractivity contribution in [2.45, 2.75) is 38.0 Å². The molecule has 1 saturated carbocycles. The maximum atomic E-state index is 12.7. The average Bonchev–Trinajstić information content (AvgIpc) is 2.31. The van der Waals surface area contributed by atoms with Crippen LogP contribution in [-0.4, -0.2) is 11.9 Å². The molecule has 0 aromatic heterocycles. The van der Waals surface area contributed by atoms with E-state index in [2.05, 4.69) is 0 Å². The second-order valence-electron chi connectivity index (χ2n) is 4.35. The molecule has 2 nitrogen and oxygen atoms in total. The predicted octanol–water partition coefficient (Wildman–Crippen LogP) is 3.60. The smallest absolute Gasteiger partial charge is 0.419 e. The molecule has 5 heteroatoms. The number of hydrogen-bond acceptors (Lipinski definition) is 2. The molecule has 0 unspecified atom stereocenters. The Morgan fingerprint density at radius 3 is 2.33 bits per heavy atom. The van der Waals surface area contributed by atoms with Gasteiger partial charge in [-0.05, 0) is 25.0 Å². The third kappa shape index (κ3) is 3.03. The molecule has 98 valence electrons. The first-order valence-corrected chi connectivity index (χ1v) is 5.81. The maximum absolute atomic E-state index is 12.7. The van der Waals surface area contributed by atoms with Crippen molar-refractivity contribution in [3.05, 3.63) is 29.8 Å². The van der Waals surface area contributed by atoms with Gasteiger partial charge in [0.25, 0.3) is 0 Å². The van der Waals surface area contributed by atoms with Crippen LogP contribution >= 0.6 is 0 Å². The first-order valence-electron chi connectivity index (χ1n) is 5.81. The highest BCUT2D eigenvalue weighted by Gasteiger charge is 2.34. The van der Waals surface area contributed by atoms with Crippen LogP contribution in [0.25, 0.3) is 0 Å². The summed E-state index contributed by atoms with van der Waals surface area (Å²) in [6, 6.07) is 5.17. The lowest BCUT2D eigenvalue weighted by atomic mass is 9.96. The Balaban J connectivity index is 2.12.